The van der Waals surface area contributed by atoms with Gasteiger partial charge in [0.1, 0.15) is 9.22 Å². The molecule has 0 radical (unpaired) electrons. The molecule has 0 aliphatic rings. The molecule has 1 aromatic carbocycles. The SMILES string of the molecule is O=C(S)c1cccc2c(I)[nH]nc12. The summed E-state index contributed by atoms with van der Waals surface area (Å²) in [4.78, 5) is 11.1. The van der Waals surface area contributed by atoms with Crippen molar-refractivity contribution in [2.24, 2.45) is 0 Å². The number of carbonyl (C=O) groups excluding carboxylic acids is 1. The van der Waals surface area contributed by atoms with E-state index in [1.54, 1.807) is 6.07 Å². The number of carbonyl (C=O) groups is 1. The van der Waals surface area contributed by atoms with Crippen LogP contribution in [0.25, 0.3) is 10.9 Å². The quantitative estimate of drug-likeness (QED) is 0.627. The zero-order valence-electron chi connectivity index (χ0n) is 6.41. The Kier molecular flexibility index (Phi) is 2.29. The first-order valence-corrected chi connectivity index (χ1v) is 5.08. The van der Waals surface area contributed by atoms with Crippen molar-refractivity contribution >= 4 is 51.2 Å². The molecule has 0 bridgehead atoms. The Morgan fingerprint density at radius 2 is 2.31 bits per heavy atom. The zero-order chi connectivity index (χ0) is 9.42. The van der Waals surface area contributed by atoms with Gasteiger partial charge in [0.25, 0.3) is 0 Å². The number of para-hydroxylation sites is 1. The first kappa shape index (κ1) is 9.01. The van der Waals surface area contributed by atoms with Gasteiger partial charge in [-0.25, -0.2) is 0 Å². The summed E-state index contributed by atoms with van der Waals surface area (Å²) in [7, 11) is 0. The van der Waals surface area contributed by atoms with Crippen molar-refractivity contribution in [1.29, 1.82) is 0 Å². The lowest BCUT2D eigenvalue weighted by molar-refractivity contribution is 0.109. The van der Waals surface area contributed by atoms with E-state index in [0.717, 1.165) is 9.09 Å². The first-order chi connectivity index (χ1) is 6.20. The van der Waals surface area contributed by atoms with Gasteiger partial charge in [0.05, 0.1) is 5.56 Å². The maximum atomic E-state index is 11.1. The molecule has 66 valence electrons. The van der Waals surface area contributed by atoms with Gasteiger partial charge < -0.3 is 0 Å². The van der Waals surface area contributed by atoms with Crippen LogP contribution in [-0.2, 0) is 0 Å². The summed E-state index contributed by atoms with van der Waals surface area (Å²) >= 11 is 5.92. The highest BCUT2D eigenvalue weighted by Crippen LogP contribution is 2.21. The fraction of sp³-hybridized carbons (Fsp3) is 0. The predicted octanol–water partition coefficient (Wildman–Crippen LogP) is 2.24. The van der Waals surface area contributed by atoms with Crippen molar-refractivity contribution in [2.45, 2.75) is 0 Å². The number of nitrogens with zero attached hydrogens (tertiary/aromatic N) is 1. The second-order valence-corrected chi connectivity index (χ2v) is 4.03. The van der Waals surface area contributed by atoms with Crippen LogP contribution >= 0.6 is 35.2 Å². The number of aromatic amines is 1. The van der Waals surface area contributed by atoms with Crippen LogP contribution in [0.3, 0.4) is 0 Å². The van der Waals surface area contributed by atoms with E-state index < -0.39 is 0 Å². The van der Waals surface area contributed by atoms with Crippen molar-refractivity contribution in [3.05, 3.63) is 27.5 Å². The highest BCUT2D eigenvalue weighted by molar-refractivity contribution is 14.1. The van der Waals surface area contributed by atoms with Gasteiger partial charge in [-0.2, -0.15) is 5.10 Å². The second kappa shape index (κ2) is 3.30. The predicted molar refractivity (Wildman–Crippen MR) is 62.1 cm³/mol. The number of hydrogen-bond acceptors (Lipinski definition) is 2. The standard InChI is InChI=1S/C8H5IN2OS/c9-7-4-2-1-3-5(8(12)13)6(4)10-11-7/h1-3H,(H,10,11)(H,12,13). The van der Waals surface area contributed by atoms with Crippen molar-refractivity contribution in [3.63, 3.8) is 0 Å². The van der Waals surface area contributed by atoms with E-state index in [-0.39, 0.29) is 5.12 Å². The second-order valence-electron chi connectivity index (χ2n) is 2.54. The number of nitrogens with one attached hydrogen (secondary N) is 1. The lowest BCUT2D eigenvalue weighted by atomic mass is 10.2. The smallest absolute Gasteiger partial charge is 0.218 e. The van der Waals surface area contributed by atoms with Gasteiger partial charge in [-0.15, -0.1) is 12.6 Å². The average Bonchev–Trinajstić information content (AvgIpc) is 2.48. The average molecular weight is 304 g/mol. The molecule has 2 rings (SSSR count). The van der Waals surface area contributed by atoms with Crippen LogP contribution < -0.4 is 0 Å². The Balaban J connectivity index is 2.84. The van der Waals surface area contributed by atoms with Crippen LogP contribution in [0, 0.1) is 3.70 Å². The molecule has 0 aliphatic heterocycles. The minimum atomic E-state index is -0.256. The Labute approximate surface area is 93.5 Å². The summed E-state index contributed by atoms with van der Waals surface area (Å²) in [5.41, 5.74) is 1.23. The number of H-pyrrole nitrogens is 1. The zero-order valence-corrected chi connectivity index (χ0v) is 9.46. The summed E-state index contributed by atoms with van der Waals surface area (Å²) in [6, 6.07) is 5.46. The van der Waals surface area contributed by atoms with E-state index in [1.165, 1.54) is 0 Å². The lowest BCUT2D eigenvalue weighted by Crippen LogP contribution is -1.89. The van der Waals surface area contributed by atoms with Gasteiger partial charge in [-0.1, -0.05) is 12.1 Å². The van der Waals surface area contributed by atoms with E-state index in [2.05, 4.69) is 45.4 Å². The summed E-state index contributed by atoms with van der Waals surface area (Å²) in [5, 5.41) is 7.56. The van der Waals surface area contributed by atoms with Gasteiger partial charge in [0.2, 0.25) is 5.12 Å². The normalized spacial score (nSPS) is 10.6. The van der Waals surface area contributed by atoms with Crippen LogP contribution in [0.1, 0.15) is 10.4 Å². The number of hydrogen-bond donors (Lipinski definition) is 2. The minimum Gasteiger partial charge on any atom is -0.282 e. The Morgan fingerprint density at radius 1 is 1.54 bits per heavy atom. The summed E-state index contributed by atoms with van der Waals surface area (Å²) in [5.74, 6) is 0. The lowest BCUT2D eigenvalue weighted by Gasteiger charge is -1.94. The van der Waals surface area contributed by atoms with Gasteiger partial charge in [0.15, 0.2) is 0 Å². The molecular weight excluding hydrogens is 299 g/mol. The molecular formula is C8H5IN2OS. The third kappa shape index (κ3) is 1.46. The molecule has 1 aromatic heterocycles. The molecule has 0 unspecified atom stereocenters. The fourth-order valence-electron chi connectivity index (χ4n) is 1.18. The maximum absolute atomic E-state index is 11.1. The minimum absolute atomic E-state index is 0.256. The molecule has 1 heterocycles. The Bertz CT molecular complexity index is 480. The molecule has 13 heavy (non-hydrogen) atoms. The molecule has 0 saturated carbocycles. The van der Waals surface area contributed by atoms with Crippen molar-refractivity contribution < 1.29 is 4.79 Å². The molecule has 0 spiro atoms. The molecule has 5 heteroatoms. The maximum Gasteiger partial charge on any atom is 0.218 e. The van der Waals surface area contributed by atoms with Gasteiger partial charge in [-0.05, 0) is 28.7 Å². The van der Waals surface area contributed by atoms with Crippen LogP contribution in [0.2, 0.25) is 0 Å². The van der Waals surface area contributed by atoms with Gasteiger partial charge in [0, 0.05) is 5.39 Å². The Morgan fingerprint density at radius 3 is 3.00 bits per heavy atom. The number of rotatable bonds is 1. The highest BCUT2D eigenvalue weighted by atomic mass is 127. The summed E-state index contributed by atoms with van der Waals surface area (Å²) in [6.07, 6.45) is 0. The largest absolute Gasteiger partial charge is 0.282 e. The molecule has 0 amide bonds. The van der Waals surface area contributed by atoms with Gasteiger partial charge in [-0.3, -0.25) is 9.89 Å². The molecule has 2 aromatic rings. The van der Waals surface area contributed by atoms with E-state index in [4.69, 9.17) is 0 Å². The number of halogens is 1. The number of benzene rings is 1. The molecule has 3 nitrogen and oxygen atoms in total. The monoisotopic (exact) mass is 304 g/mol. The van der Waals surface area contributed by atoms with Crippen LogP contribution in [0.15, 0.2) is 18.2 Å². The molecule has 0 atom stereocenters. The van der Waals surface area contributed by atoms with E-state index in [0.29, 0.717) is 11.1 Å². The third-order valence-electron chi connectivity index (χ3n) is 1.77. The molecule has 0 saturated heterocycles. The number of fused-ring (bicyclic) bond motifs is 1. The molecule has 0 aliphatic carbocycles. The van der Waals surface area contributed by atoms with Crippen molar-refractivity contribution in [3.8, 4) is 0 Å². The van der Waals surface area contributed by atoms with Gasteiger partial charge >= 0.3 is 0 Å². The van der Waals surface area contributed by atoms with E-state index >= 15 is 0 Å². The molecule has 1 N–H and O–H groups in total. The Hall–Kier alpha value is -0.560. The van der Waals surface area contributed by atoms with E-state index in [9.17, 15) is 4.79 Å². The number of aromatic nitrogens is 2. The fourth-order valence-corrected chi connectivity index (χ4v) is 1.92. The summed E-state index contributed by atoms with van der Waals surface area (Å²) < 4.78 is 0.934. The first-order valence-electron chi connectivity index (χ1n) is 3.56. The third-order valence-corrected chi connectivity index (χ3v) is 2.83. The number of thiol groups is 1. The van der Waals surface area contributed by atoms with Crippen molar-refractivity contribution in [2.75, 3.05) is 0 Å². The van der Waals surface area contributed by atoms with E-state index in [1.807, 2.05) is 12.1 Å². The van der Waals surface area contributed by atoms with Crippen LogP contribution in [-0.4, -0.2) is 15.3 Å². The molecule has 0 fully saturated rings. The summed E-state index contributed by atoms with van der Waals surface area (Å²) in [6.45, 7) is 0. The van der Waals surface area contributed by atoms with Crippen molar-refractivity contribution in [1.82, 2.24) is 10.2 Å². The van der Waals surface area contributed by atoms with Crippen LogP contribution in [0.4, 0.5) is 0 Å². The topological polar surface area (TPSA) is 45.8 Å². The van der Waals surface area contributed by atoms with Crippen LogP contribution in [0.5, 0.6) is 0 Å². The highest BCUT2D eigenvalue weighted by Gasteiger charge is 2.10.